The lowest BCUT2D eigenvalue weighted by molar-refractivity contribution is 0.0728. The van der Waals surface area contributed by atoms with E-state index in [0.29, 0.717) is 3.57 Å². The van der Waals surface area contributed by atoms with Crippen molar-refractivity contribution >= 4 is 99.6 Å². The highest BCUT2D eigenvalue weighted by Gasteiger charge is 2.24. The molecule has 0 saturated carbocycles. The van der Waals surface area contributed by atoms with Crippen LogP contribution < -0.4 is 9.46 Å². The van der Waals surface area contributed by atoms with Crippen LogP contribution in [-0.2, 0) is 20.1 Å². The van der Waals surface area contributed by atoms with Gasteiger partial charge in [-0.2, -0.15) is 0 Å². The molecule has 0 aliphatic carbocycles. The Morgan fingerprint density at radius 2 is 1.58 bits per heavy atom. The molecule has 33 heavy (non-hydrogen) atoms. The van der Waals surface area contributed by atoms with E-state index >= 15 is 0 Å². The third-order valence-corrected chi connectivity index (χ3v) is 9.79. The minimum absolute atomic E-state index is 0.00561. The average Bonchev–Trinajstić information content (AvgIpc) is 2.70. The molecule has 14 heteroatoms. The van der Waals surface area contributed by atoms with Crippen LogP contribution >= 0.6 is 67.8 Å². The number of carbonyl (C=O) groups is 1. The summed E-state index contributed by atoms with van der Waals surface area (Å²) in [6.07, 6.45) is 0. The van der Waals surface area contributed by atoms with Crippen molar-refractivity contribution < 1.29 is 36.0 Å². The molecule has 0 saturated heterocycles. The zero-order chi connectivity index (χ0) is 24.6. The summed E-state index contributed by atoms with van der Waals surface area (Å²) in [6, 6.07) is 12.4. The standard InChI is InChI=1S/C19H12I3NO8S2/c20-13-9-14(21)18(33(28,29)30)16(22)17(13)31-19(25)12-7-6-10(8-15(12)24)23-32(26,27)11-4-2-1-3-5-11/h1-9,23-24H,(H,28,29,30)/p-1. The number of halogens is 3. The van der Waals surface area contributed by atoms with E-state index in [2.05, 4.69) is 4.72 Å². The predicted octanol–water partition coefficient (Wildman–Crippen LogP) is 4.13. The maximum atomic E-state index is 12.6. The summed E-state index contributed by atoms with van der Waals surface area (Å²) in [5.74, 6) is -1.75. The first-order valence-electron chi connectivity index (χ1n) is 8.57. The summed E-state index contributed by atoms with van der Waals surface area (Å²) in [7, 11) is -8.74. The fourth-order valence-corrected chi connectivity index (χ4v) is 9.50. The number of rotatable bonds is 6. The molecule has 3 aromatic rings. The second-order valence-electron chi connectivity index (χ2n) is 6.31. The Kier molecular flexibility index (Phi) is 8.14. The van der Waals surface area contributed by atoms with Crippen LogP contribution in [0.5, 0.6) is 11.5 Å². The number of anilines is 1. The van der Waals surface area contributed by atoms with Gasteiger partial charge in [0.15, 0.2) is 5.75 Å². The average molecular weight is 826 g/mol. The zero-order valence-corrected chi connectivity index (χ0v) is 24.1. The van der Waals surface area contributed by atoms with Crippen LogP contribution in [0.15, 0.2) is 64.4 Å². The van der Waals surface area contributed by atoms with Gasteiger partial charge in [0.25, 0.3) is 10.0 Å². The molecule has 3 aromatic carbocycles. The molecule has 0 aromatic heterocycles. The topological polar surface area (TPSA) is 150 Å². The van der Waals surface area contributed by atoms with E-state index in [1.54, 1.807) is 63.4 Å². The lowest BCUT2D eigenvalue weighted by Gasteiger charge is -2.17. The molecular formula is C19H11I3NO8S2-. The van der Waals surface area contributed by atoms with Gasteiger partial charge in [-0.1, -0.05) is 18.2 Å². The van der Waals surface area contributed by atoms with Gasteiger partial charge in [0.2, 0.25) is 0 Å². The highest BCUT2D eigenvalue weighted by Crippen LogP contribution is 2.37. The molecule has 0 aliphatic rings. The van der Waals surface area contributed by atoms with Gasteiger partial charge in [-0.15, -0.1) is 0 Å². The lowest BCUT2D eigenvalue weighted by atomic mass is 10.2. The summed E-state index contributed by atoms with van der Waals surface area (Å²) in [5.41, 5.74) is -0.291. The van der Waals surface area contributed by atoms with Gasteiger partial charge in [-0.25, -0.2) is 21.6 Å². The number of hydrogen-bond donors (Lipinski definition) is 2. The van der Waals surface area contributed by atoms with Gasteiger partial charge < -0.3 is 14.4 Å². The van der Waals surface area contributed by atoms with Crippen molar-refractivity contribution in [2.24, 2.45) is 0 Å². The molecule has 0 radical (unpaired) electrons. The number of benzene rings is 3. The second kappa shape index (κ2) is 10.2. The fraction of sp³-hybridized carbons (Fsp3) is 0. The summed E-state index contributed by atoms with van der Waals surface area (Å²) >= 11 is 5.12. The number of aromatic hydroxyl groups is 1. The molecule has 0 aliphatic heterocycles. The van der Waals surface area contributed by atoms with Crippen molar-refractivity contribution in [1.82, 2.24) is 0 Å². The molecule has 0 atom stereocenters. The zero-order valence-electron chi connectivity index (χ0n) is 16.0. The fourth-order valence-electron chi connectivity index (χ4n) is 2.61. The quantitative estimate of drug-likeness (QED) is 0.163. The van der Waals surface area contributed by atoms with Crippen molar-refractivity contribution in [3.63, 3.8) is 0 Å². The van der Waals surface area contributed by atoms with Crippen LogP contribution in [-0.4, -0.2) is 32.5 Å². The molecule has 9 nitrogen and oxygen atoms in total. The van der Waals surface area contributed by atoms with Crippen molar-refractivity contribution in [2.75, 3.05) is 4.72 Å². The number of ether oxygens (including phenoxy) is 1. The molecule has 0 unspecified atom stereocenters. The molecule has 0 bridgehead atoms. The first-order valence-corrected chi connectivity index (χ1v) is 14.7. The molecule has 0 spiro atoms. The number of nitrogens with one attached hydrogen (secondary N) is 1. The third-order valence-electron chi connectivity index (χ3n) is 4.05. The second-order valence-corrected chi connectivity index (χ2v) is 12.7. The van der Waals surface area contributed by atoms with E-state index in [9.17, 15) is 31.3 Å². The summed E-state index contributed by atoms with van der Waals surface area (Å²) in [6.45, 7) is 0. The Bertz CT molecular complexity index is 1460. The molecule has 3 rings (SSSR count). The molecule has 0 fully saturated rings. The van der Waals surface area contributed by atoms with Gasteiger partial charge in [0.1, 0.15) is 21.4 Å². The van der Waals surface area contributed by atoms with Gasteiger partial charge in [0, 0.05) is 9.64 Å². The summed E-state index contributed by atoms with van der Waals surface area (Å²) in [5, 5.41) is 10.3. The minimum Gasteiger partial charge on any atom is -0.744 e. The largest absolute Gasteiger partial charge is 0.744 e. The number of phenols is 1. The Morgan fingerprint density at radius 3 is 2.15 bits per heavy atom. The van der Waals surface area contributed by atoms with Crippen LogP contribution in [0.25, 0.3) is 0 Å². The molecule has 0 amide bonds. The third kappa shape index (κ3) is 6.08. The van der Waals surface area contributed by atoms with Gasteiger partial charge in [-0.3, -0.25) is 4.72 Å². The van der Waals surface area contributed by atoms with Crippen LogP contribution in [0.3, 0.4) is 0 Å². The van der Waals surface area contributed by atoms with E-state index in [-0.39, 0.29) is 29.0 Å². The number of esters is 1. The van der Waals surface area contributed by atoms with Crippen molar-refractivity contribution in [3.05, 3.63) is 70.9 Å². The van der Waals surface area contributed by atoms with E-state index < -0.39 is 36.8 Å². The first kappa shape index (κ1) is 26.4. The normalized spacial score (nSPS) is 11.8. The van der Waals surface area contributed by atoms with Crippen LogP contribution in [0.1, 0.15) is 10.4 Å². The Hall–Kier alpha value is -1.22. The van der Waals surface area contributed by atoms with E-state index in [4.69, 9.17) is 4.74 Å². The van der Waals surface area contributed by atoms with Crippen molar-refractivity contribution in [1.29, 1.82) is 0 Å². The Morgan fingerprint density at radius 1 is 0.939 bits per heavy atom. The maximum Gasteiger partial charge on any atom is 0.347 e. The van der Waals surface area contributed by atoms with Gasteiger partial charge >= 0.3 is 5.97 Å². The smallest absolute Gasteiger partial charge is 0.347 e. The molecule has 2 N–H and O–H groups in total. The lowest BCUT2D eigenvalue weighted by Crippen LogP contribution is -2.15. The number of hydrogen-bond acceptors (Lipinski definition) is 8. The summed E-state index contributed by atoms with van der Waals surface area (Å²) in [4.78, 5) is 12.1. The summed E-state index contributed by atoms with van der Waals surface area (Å²) < 4.78 is 67.7. The highest BCUT2D eigenvalue weighted by atomic mass is 127. The van der Waals surface area contributed by atoms with E-state index in [1.807, 2.05) is 22.6 Å². The van der Waals surface area contributed by atoms with Crippen LogP contribution in [0, 0.1) is 10.7 Å². The first-order chi connectivity index (χ1) is 15.3. The maximum absolute atomic E-state index is 12.6. The minimum atomic E-state index is -4.83. The Labute approximate surface area is 230 Å². The van der Waals surface area contributed by atoms with Crippen molar-refractivity contribution in [3.8, 4) is 11.5 Å². The highest BCUT2D eigenvalue weighted by molar-refractivity contribution is 14.1. The predicted molar refractivity (Wildman–Crippen MR) is 143 cm³/mol. The van der Waals surface area contributed by atoms with E-state index in [0.717, 1.165) is 12.1 Å². The number of sulfonamides is 1. The Balaban J connectivity index is 1.90. The van der Waals surface area contributed by atoms with Crippen LogP contribution in [0.2, 0.25) is 0 Å². The molecular weight excluding hydrogens is 815 g/mol. The van der Waals surface area contributed by atoms with Crippen LogP contribution in [0.4, 0.5) is 5.69 Å². The number of phenolic OH excluding ortho intramolecular Hbond substituents is 1. The molecule has 174 valence electrons. The van der Waals surface area contributed by atoms with Gasteiger partial charge in [-0.05, 0) is 98.1 Å². The van der Waals surface area contributed by atoms with Crippen molar-refractivity contribution in [2.45, 2.75) is 9.79 Å². The number of carbonyl (C=O) groups excluding carboxylic acids is 1. The van der Waals surface area contributed by atoms with Gasteiger partial charge in [0.05, 0.1) is 22.6 Å². The van der Waals surface area contributed by atoms with E-state index in [1.165, 1.54) is 24.3 Å². The SMILES string of the molecule is O=C(Oc1c(I)cc(I)c(S(=O)(=O)[O-])c1I)c1ccc(NS(=O)(=O)c2ccccc2)cc1O. The monoisotopic (exact) mass is 826 g/mol. The molecule has 0 heterocycles.